The molecule has 1 aliphatic rings. The molecule has 0 saturated carbocycles. The van der Waals surface area contributed by atoms with Gasteiger partial charge >= 0.3 is 0 Å². The largest absolute Gasteiger partial charge is 0.351 e. The molecular weight excluding hydrogens is 188 g/mol. The number of amides is 1. The highest BCUT2D eigenvalue weighted by atomic mass is 16.2. The quantitative estimate of drug-likeness (QED) is 0.757. The van der Waals surface area contributed by atoms with Gasteiger partial charge in [-0.05, 0) is 38.0 Å². The minimum absolute atomic E-state index is 0.133. The molecule has 1 aliphatic heterocycles. The average molecular weight is 204 g/mol. The third kappa shape index (κ3) is 1.74. The van der Waals surface area contributed by atoms with Crippen LogP contribution in [0, 0.1) is 6.92 Å². The lowest BCUT2D eigenvalue weighted by Gasteiger charge is -2.27. The highest BCUT2D eigenvalue weighted by molar-refractivity contribution is 5.81. The van der Waals surface area contributed by atoms with Gasteiger partial charge in [0.05, 0.1) is 0 Å². The molecule has 0 aliphatic carbocycles. The molecular formula is C12H16N2O. The summed E-state index contributed by atoms with van der Waals surface area (Å²) in [6.07, 6.45) is 4.23. The van der Waals surface area contributed by atoms with Crippen LogP contribution in [0.4, 0.5) is 0 Å². The maximum absolute atomic E-state index is 11.4. The smallest absolute Gasteiger partial charge is 0.221 e. The van der Waals surface area contributed by atoms with Crippen LogP contribution in [0.3, 0.4) is 0 Å². The highest BCUT2D eigenvalue weighted by Crippen LogP contribution is 2.36. The van der Waals surface area contributed by atoms with Gasteiger partial charge in [-0.15, -0.1) is 0 Å². The third-order valence-corrected chi connectivity index (χ3v) is 3.18. The van der Waals surface area contributed by atoms with E-state index in [-0.39, 0.29) is 17.4 Å². The predicted molar refractivity (Wildman–Crippen MR) is 58.6 cm³/mol. The van der Waals surface area contributed by atoms with E-state index in [2.05, 4.69) is 31.1 Å². The van der Waals surface area contributed by atoms with Crippen molar-refractivity contribution in [1.82, 2.24) is 10.3 Å². The van der Waals surface area contributed by atoms with Gasteiger partial charge in [-0.3, -0.25) is 9.78 Å². The minimum atomic E-state index is -0.162. The second-order valence-corrected chi connectivity index (χ2v) is 4.76. The van der Waals surface area contributed by atoms with E-state index in [9.17, 15) is 4.79 Å². The first-order valence-corrected chi connectivity index (χ1v) is 5.22. The van der Waals surface area contributed by atoms with Gasteiger partial charge in [-0.2, -0.15) is 0 Å². The lowest BCUT2D eigenvalue weighted by atomic mass is 9.82. The molecule has 1 aromatic rings. The molecule has 1 amide bonds. The van der Waals surface area contributed by atoms with Gasteiger partial charge in [0, 0.05) is 30.3 Å². The van der Waals surface area contributed by atoms with Crippen molar-refractivity contribution in [3.8, 4) is 0 Å². The summed E-state index contributed by atoms with van der Waals surface area (Å²) in [7, 11) is 0. The van der Waals surface area contributed by atoms with Crippen LogP contribution in [0.1, 0.15) is 37.3 Å². The van der Waals surface area contributed by atoms with E-state index in [1.54, 1.807) is 6.20 Å². The van der Waals surface area contributed by atoms with Crippen LogP contribution < -0.4 is 5.32 Å². The summed E-state index contributed by atoms with van der Waals surface area (Å²) < 4.78 is 0. The lowest BCUT2D eigenvalue weighted by molar-refractivity contribution is -0.119. The fourth-order valence-electron chi connectivity index (χ4n) is 2.28. The Kier molecular flexibility index (Phi) is 2.25. The van der Waals surface area contributed by atoms with Crippen LogP contribution in [-0.2, 0) is 4.79 Å². The zero-order chi connectivity index (χ0) is 11.1. The summed E-state index contributed by atoms with van der Waals surface area (Å²) in [6.45, 7) is 6.19. The van der Waals surface area contributed by atoms with Crippen LogP contribution in [0.15, 0.2) is 18.5 Å². The molecule has 3 heteroatoms. The molecule has 1 saturated heterocycles. The molecule has 0 radical (unpaired) electrons. The lowest BCUT2D eigenvalue weighted by Crippen LogP contribution is -2.38. The Morgan fingerprint density at radius 2 is 2.27 bits per heavy atom. The fourth-order valence-corrected chi connectivity index (χ4v) is 2.28. The highest BCUT2D eigenvalue weighted by Gasteiger charge is 2.40. The Morgan fingerprint density at radius 3 is 2.80 bits per heavy atom. The zero-order valence-electron chi connectivity index (χ0n) is 9.37. The zero-order valence-corrected chi connectivity index (χ0v) is 9.37. The third-order valence-electron chi connectivity index (χ3n) is 3.18. The molecule has 1 N–H and O–H groups in total. The standard InChI is InChI=1S/C12H16N2O/c1-8-4-5-13-7-9(8)10-6-11(15)14-12(10,2)3/h4-5,7,10H,6H2,1-3H3,(H,14,15). The van der Waals surface area contributed by atoms with E-state index < -0.39 is 0 Å². The number of hydrogen-bond donors (Lipinski definition) is 1. The Bertz CT molecular complexity index is 398. The first-order valence-electron chi connectivity index (χ1n) is 5.22. The van der Waals surface area contributed by atoms with Crippen molar-refractivity contribution >= 4 is 5.91 Å². The van der Waals surface area contributed by atoms with E-state index in [1.165, 1.54) is 11.1 Å². The summed E-state index contributed by atoms with van der Waals surface area (Å²) in [5.41, 5.74) is 2.23. The van der Waals surface area contributed by atoms with Gasteiger partial charge in [-0.1, -0.05) is 0 Å². The summed E-state index contributed by atoms with van der Waals surface area (Å²) in [5.74, 6) is 0.368. The molecule has 0 aromatic carbocycles. The summed E-state index contributed by atoms with van der Waals surface area (Å²) in [5, 5.41) is 3.00. The molecule has 15 heavy (non-hydrogen) atoms. The number of carbonyl (C=O) groups excluding carboxylic acids is 1. The molecule has 3 nitrogen and oxygen atoms in total. The van der Waals surface area contributed by atoms with Gasteiger partial charge in [0.1, 0.15) is 0 Å². The number of nitrogens with zero attached hydrogens (tertiary/aromatic N) is 1. The number of carbonyl (C=O) groups is 1. The number of rotatable bonds is 1. The second-order valence-electron chi connectivity index (χ2n) is 4.76. The van der Waals surface area contributed by atoms with Crippen molar-refractivity contribution in [2.45, 2.75) is 38.6 Å². The van der Waals surface area contributed by atoms with Gasteiger partial charge in [0.25, 0.3) is 0 Å². The number of aromatic nitrogens is 1. The maximum Gasteiger partial charge on any atom is 0.221 e. The topological polar surface area (TPSA) is 42.0 Å². The molecule has 1 aromatic heterocycles. The van der Waals surface area contributed by atoms with Crippen molar-refractivity contribution in [2.24, 2.45) is 0 Å². The SMILES string of the molecule is Cc1ccncc1C1CC(=O)NC1(C)C. The Labute approximate surface area is 89.9 Å². The molecule has 1 unspecified atom stereocenters. The van der Waals surface area contributed by atoms with Crippen LogP contribution in [0.2, 0.25) is 0 Å². The van der Waals surface area contributed by atoms with Crippen molar-refractivity contribution in [3.63, 3.8) is 0 Å². The first kappa shape index (κ1) is 10.1. The maximum atomic E-state index is 11.4. The van der Waals surface area contributed by atoms with Crippen LogP contribution in [-0.4, -0.2) is 16.4 Å². The summed E-state index contributed by atoms with van der Waals surface area (Å²) >= 11 is 0. The van der Waals surface area contributed by atoms with E-state index >= 15 is 0 Å². The Morgan fingerprint density at radius 1 is 1.53 bits per heavy atom. The summed E-state index contributed by atoms with van der Waals surface area (Å²) in [6, 6.07) is 1.99. The number of hydrogen-bond acceptors (Lipinski definition) is 2. The van der Waals surface area contributed by atoms with Gasteiger partial charge in [0.15, 0.2) is 0 Å². The van der Waals surface area contributed by atoms with Gasteiger partial charge in [0.2, 0.25) is 5.91 Å². The summed E-state index contributed by atoms with van der Waals surface area (Å²) in [4.78, 5) is 15.6. The number of pyridine rings is 1. The molecule has 2 heterocycles. The Balaban J connectivity index is 2.40. The van der Waals surface area contributed by atoms with Crippen molar-refractivity contribution in [2.75, 3.05) is 0 Å². The minimum Gasteiger partial charge on any atom is -0.351 e. The van der Waals surface area contributed by atoms with E-state index in [0.717, 1.165) is 0 Å². The second kappa shape index (κ2) is 3.33. The van der Waals surface area contributed by atoms with Crippen LogP contribution in [0.5, 0.6) is 0 Å². The normalized spacial score (nSPS) is 23.9. The van der Waals surface area contributed by atoms with E-state index in [0.29, 0.717) is 6.42 Å². The van der Waals surface area contributed by atoms with Crippen LogP contribution in [0.25, 0.3) is 0 Å². The monoisotopic (exact) mass is 204 g/mol. The molecule has 2 rings (SSSR count). The number of nitrogens with one attached hydrogen (secondary N) is 1. The Hall–Kier alpha value is -1.38. The average Bonchev–Trinajstić information content (AvgIpc) is 2.40. The molecule has 0 bridgehead atoms. The first-order chi connectivity index (χ1) is 7.00. The molecule has 1 atom stereocenters. The van der Waals surface area contributed by atoms with Crippen molar-refractivity contribution < 1.29 is 4.79 Å². The fraction of sp³-hybridized carbons (Fsp3) is 0.500. The van der Waals surface area contributed by atoms with E-state index in [1.807, 2.05) is 12.3 Å². The number of aryl methyl sites for hydroxylation is 1. The van der Waals surface area contributed by atoms with Gasteiger partial charge in [-0.25, -0.2) is 0 Å². The van der Waals surface area contributed by atoms with Crippen molar-refractivity contribution in [1.29, 1.82) is 0 Å². The predicted octanol–water partition coefficient (Wildman–Crippen LogP) is 1.77. The van der Waals surface area contributed by atoms with Crippen LogP contribution >= 0.6 is 0 Å². The van der Waals surface area contributed by atoms with Crippen molar-refractivity contribution in [3.05, 3.63) is 29.6 Å². The molecule has 0 spiro atoms. The van der Waals surface area contributed by atoms with Gasteiger partial charge < -0.3 is 5.32 Å². The molecule has 1 fully saturated rings. The van der Waals surface area contributed by atoms with E-state index in [4.69, 9.17) is 0 Å². The molecule has 80 valence electrons.